The smallest absolute Gasteiger partial charge is 0.322 e. The van der Waals surface area contributed by atoms with E-state index in [1.165, 1.54) is 0 Å². The maximum absolute atomic E-state index is 11.2. The minimum Gasteiger partial charge on any atom is -0.465 e. The van der Waals surface area contributed by atoms with E-state index in [1.807, 2.05) is 0 Å². The second kappa shape index (κ2) is 5.54. The van der Waals surface area contributed by atoms with Crippen LogP contribution in [0.4, 0.5) is 0 Å². The minimum absolute atomic E-state index is 0.0978. The zero-order valence-corrected chi connectivity index (χ0v) is 9.06. The van der Waals surface area contributed by atoms with Crippen LogP contribution in [0.25, 0.3) is 0 Å². The Morgan fingerprint density at radius 2 is 2.25 bits per heavy atom. The quantitative estimate of drug-likeness (QED) is 0.583. The lowest BCUT2D eigenvalue weighted by atomic mass is 10.1. The highest BCUT2D eigenvalue weighted by atomic mass is 79.9. The molecular weight excluding hydrogens is 224 g/mol. The van der Waals surface area contributed by atoms with Crippen LogP contribution in [-0.4, -0.2) is 28.6 Å². The summed E-state index contributed by atoms with van der Waals surface area (Å²) in [4.78, 5) is 11.2. The lowest BCUT2D eigenvalue weighted by molar-refractivity contribution is -0.145. The fourth-order valence-corrected chi connectivity index (χ4v) is 1.19. The number of aliphatic hydroxyl groups excluding tert-OH is 1. The van der Waals surface area contributed by atoms with E-state index in [1.54, 1.807) is 13.8 Å². The average molecular weight is 239 g/mol. The Hall–Kier alpha value is -0.0900. The first-order chi connectivity index (χ1) is 5.54. The summed E-state index contributed by atoms with van der Waals surface area (Å²) in [6.07, 6.45) is 1.18. The van der Waals surface area contributed by atoms with E-state index >= 15 is 0 Å². The minimum atomic E-state index is -0.647. The molecular formula is C8H15BrO3. The molecule has 0 aliphatic heterocycles. The second-order valence-electron chi connectivity index (χ2n) is 2.75. The number of hydrogen-bond donors (Lipinski definition) is 1. The number of carbonyl (C=O) groups is 1. The van der Waals surface area contributed by atoms with Crippen molar-refractivity contribution in [1.29, 1.82) is 0 Å². The SMILES string of the molecule is CCOC(=O)C(C)(Br)CCCO. The number of esters is 1. The molecule has 0 heterocycles. The molecule has 0 fully saturated rings. The van der Waals surface area contributed by atoms with Gasteiger partial charge in [0.05, 0.1) is 6.61 Å². The fourth-order valence-electron chi connectivity index (χ4n) is 0.795. The van der Waals surface area contributed by atoms with Gasteiger partial charge in [0.2, 0.25) is 0 Å². The molecule has 0 bridgehead atoms. The molecule has 0 aliphatic rings. The molecule has 1 atom stereocenters. The van der Waals surface area contributed by atoms with Crippen molar-refractivity contribution in [1.82, 2.24) is 0 Å². The third-order valence-electron chi connectivity index (χ3n) is 1.51. The first kappa shape index (κ1) is 11.9. The third-order valence-corrected chi connectivity index (χ3v) is 2.23. The van der Waals surface area contributed by atoms with Gasteiger partial charge in [0, 0.05) is 6.61 Å². The van der Waals surface area contributed by atoms with Crippen LogP contribution in [0.3, 0.4) is 0 Å². The number of alkyl halides is 1. The molecule has 0 spiro atoms. The number of carbonyl (C=O) groups excluding carboxylic acids is 1. The van der Waals surface area contributed by atoms with Crippen LogP contribution < -0.4 is 0 Å². The van der Waals surface area contributed by atoms with E-state index in [9.17, 15) is 4.79 Å². The fraction of sp³-hybridized carbons (Fsp3) is 0.875. The molecule has 0 aromatic carbocycles. The second-order valence-corrected chi connectivity index (χ2v) is 4.50. The summed E-state index contributed by atoms with van der Waals surface area (Å²) in [5, 5.41) is 8.57. The standard InChI is InChI=1S/C8H15BrO3/c1-3-12-7(11)8(2,9)5-4-6-10/h10H,3-6H2,1-2H3. The van der Waals surface area contributed by atoms with Crippen molar-refractivity contribution in [2.75, 3.05) is 13.2 Å². The largest absolute Gasteiger partial charge is 0.465 e. The predicted octanol–water partition coefficient (Wildman–Crippen LogP) is 1.48. The molecule has 0 radical (unpaired) electrons. The van der Waals surface area contributed by atoms with E-state index < -0.39 is 4.32 Å². The van der Waals surface area contributed by atoms with Crippen LogP contribution >= 0.6 is 15.9 Å². The van der Waals surface area contributed by atoms with Gasteiger partial charge in [-0.25, -0.2) is 0 Å². The summed E-state index contributed by atoms with van der Waals surface area (Å²) in [5.41, 5.74) is 0. The lowest BCUT2D eigenvalue weighted by Gasteiger charge is -2.19. The van der Waals surface area contributed by atoms with Gasteiger partial charge in [-0.2, -0.15) is 0 Å². The summed E-state index contributed by atoms with van der Waals surface area (Å²) in [6, 6.07) is 0. The highest BCUT2D eigenvalue weighted by Gasteiger charge is 2.30. The molecule has 0 aromatic rings. The number of hydrogen-bond acceptors (Lipinski definition) is 3. The van der Waals surface area contributed by atoms with E-state index in [0.717, 1.165) is 0 Å². The zero-order valence-electron chi connectivity index (χ0n) is 7.47. The first-order valence-corrected chi connectivity index (χ1v) is 4.81. The summed E-state index contributed by atoms with van der Waals surface area (Å²) in [5.74, 6) is -0.265. The Morgan fingerprint density at radius 1 is 1.67 bits per heavy atom. The van der Waals surface area contributed by atoms with Crippen LogP contribution in [0.1, 0.15) is 26.7 Å². The number of halogens is 1. The molecule has 1 unspecified atom stereocenters. The summed E-state index contributed by atoms with van der Waals surface area (Å²) in [6.45, 7) is 4.01. The van der Waals surface area contributed by atoms with Crippen LogP contribution in [0.5, 0.6) is 0 Å². The molecule has 0 rings (SSSR count). The summed E-state index contributed by atoms with van der Waals surface area (Å²) < 4.78 is 4.19. The van der Waals surface area contributed by atoms with Crippen molar-refractivity contribution in [2.24, 2.45) is 0 Å². The molecule has 1 N–H and O–H groups in total. The number of ether oxygens (including phenoxy) is 1. The van der Waals surface area contributed by atoms with Crippen molar-refractivity contribution < 1.29 is 14.6 Å². The Labute approximate surface area is 81.2 Å². The number of rotatable bonds is 5. The first-order valence-electron chi connectivity index (χ1n) is 4.01. The Kier molecular flexibility index (Phi) is 5.50. The van der Waals surface area contributed by atoms with Gasteiger partial charge in [-0.15, -0.1) is 0 Å². The van der Waals surface area contributed by atoms with Gasteiger partial charge in [-0.05, 0) is 26.7 Å². The molecule has 0 aliphatic carbocycles. The molecule has 0 aromatic heterocycles. The van der Waals surface area contributed by atoms with E-state index in [0.29, 0.717) is 19.4 Å². The van der Waals surface area contributed by atoms with E-state index in [2.05, 4.69) is 15.9 Å². The van der Waals surface area contributed by atoms with E-state index in [4.69, 9.17) is 9.84 Å². The zero-order chi connectivity index (χ0) is 9.61. The Balaban J connectivity index is 3.90. The molecule has 0 saturated carbocycles. The van der Waals surface area contributed by atoms with Gasteiger partial charge in [-0.3, -0.25) is 4.79 Å². The average Bonchev–Trinajstić information content (AvgIpc) is 2.01. The molecule has 4 heteroatoms. The van der Waals surface area contributed by atoms with Crippen molar-refractivity contribution in [3.8, 4) is 0 Å². The maximum Gasteiger partial charge on any atom is 0.322 e. The van der Waals surface area contributed by atoms with Crippen LogP contribution in [0.2, 0.25) is 0 Å². The van der Waals surface area contributed by atoms with Gasteiger partial charge in [0.1, 0.15) is 4.32 Å². The molecule has 72 valence electrons. The highest BCUT2D eigenvalue weighted by molar-refractivity contribution is 9.10. The van der Waals surface area contributed by atoms with Crippen LogP contribution in [0, 0.1) is 0 Å². The van der Waals surface area contributed by atoms with Crippen molar-refractivity contribution in [2.45, 2.75) is 31.0 Å². The molecule has 3 nitrogen and oxygen atoms in total. The monoisotopic (exact) mass is 238 g/mol. The predicted molar refractivity (Wildman–Crippen MR) is 50.3 cm³/mol. The summed E-state index contributed by atoms with van der Waals surface area (Å²) in [7, 11) is 0. The number of aliphatic hydroxyl groups is 1. The highest BCUT2D eigenvalue weighted by Crippen LogP contribution is 2.24. The third kappa shape index (κ3) is 4.07. The van der Waals surface area contributed by atoms with Gasteiger partial charge < -0.3 is 9.84 Å². The van der Waals surface area contributed by atoms with Crippen molar-refractivity contribution in [3.05, 3.63) is 0 Å². The Morgan fingerprint density at radius 3 is 2.67 bits per heavy atom. The molecule has 0 saturated heterocycles. The normalized spacial score (nSPS) is 15.3. The van der Waals surface area contributed by atoms with Crippen molar-refractivity contribution in [3.63, 3.8) is 0 Å². The van der Waals surface area contributed by atoms with Gasteiger partial charge in [0.25, 0.3) is 0 Å². The molecule has 0 amide bonds. The lowest BCUT2D eigenvalue weighted by Crippen LogP contribution is -2.30. The maximum atomic E-state index is 11.2. The van der Waals surface area contributed by atoms with Crippen molar-refractivity contribution >= 4 is 21.9 Å². The summed E-state index contributed by atoms with van der Waals surface area (Å²) >= 11 is 3.26. The van der Waals surface area contributed by atoms with Crippen LogP contribution in [-0.2, 0) is 9.53 Å². The van der Waals surface area contributed by atoms with Gasteiger partial charge >= 0.3 is 5.97 Å². The van der Waals surface area contributed by atoms with Gasteiger partial charge in [0.15, 0.2) is 0 Å². The molecule has 12 heavy (non-hydrogen) atoms. The van der Waals surface area contributed by atoms with Gasteiger partial charge in [-0.1, -0.05) is 15.9 Å². The topological polar surface area (TPSA) is 46.5 Å². The van der Waals surface area contributed by atoms with E-state index in [-0.39, 0.29) is 12.6 Å². The Bertz CT molecular complexity index is 145. The van der Waals surface area contributed by atoms with Crippen LogP contribution in [0.15, 0.2) is 0 Å².